The summed E-state index contributed by atoms with van der Waals surface area (Å²) in [5, 5.41) is 3.08. The lowest BCUT2D eigenvalue weighted by atomic mass is 10.1. The molecule has 1 aromatic carbocycles. The fourth-order valence-electron chi connectivity index (χ4n) is 1.07. The Bertz CT molecular complexity index is 287. The topological polar surface area (TPSA) is 21.9 Å². The quantitative estimate of drug-likeness (QED) is 0.617. The van der Waals surface area contributed by atoms with Crippen molar-refractivity contribution in [2.75, 3.05) is 0 Å². The summed E-state index contributed by atoms with van der Waals surface area (Å²) in [6, 6.07) is 8.36. The summed E-state index contributed by atoms with van der Waals surface area (Å²) in [6.07, 6.45) is 2.02. The monoisotopic (exact) mass is 131 g/mol. The molecule has 10 heavy (non-hydrogen) atoms. The van der Waals surface area contributed by atoms with Crippen LogP contribution in [0.25, 0.3) is 5.70 Å². The van der Waals surface area contributed by atoms with Gasteiger partial charge in [0, 0.05) is 11.8 Å². The second-order valence-electron chi connectivity index (χ2n) is 2.52. The van der Waals surface area contributed by atoms with Crippen LogP contribution in [0.4, 0.5) is 0 Å². The van der Waals surface area contributed by atoms with Crippen molar-refractivity contribution in [2.24, 2.45) is 0 Å². The minimum atomic E-state index is 1.26. The first kappa shape index (κ1) is 5.54. The molecule has 0 unspecified atom stereocenters. The molecule has 1 heteroatoms. The molecule has 0 atom stereocenters. The molecule has 0 amide bonds. The molecule has 1 N–H and O–H groups in total. The number of hydrogen-bond acceptors (Lipinski definition) is 1. The van der Waals surface area contributed by atoms with Crippen LogP contribution < -0.4 is 5.32 Å². The second-order valence-corrected chi connectivity index (χ2v) is 2.52. The largest absolute Gasteiger partial charge is 0.358 e. The highest BCUT2D eigenvalue weighted by atomic mass is 15.0. The van der Waals surface area contributed by atoms with E-state index in [9.17, 15) is 0 Å². The van der Waals surface area contributed by atoms with Gasteiger partial charge in [0.1, 0.15) is 0 Å². The summed E-state index contributed by atoms with van der Waals surface area (Å²) >= 11 is 0. The third-order valence-corrected chi connectivity index (χ3v) is 1.72. The van der Waals surface area contributed by atoms with Gasteiger partial charge in [-0.2, -0.15) is 0 Å². The SMILES string of the molecule is Cc1ccccc1C1=CN1. The highest BCUT2D eigenvalue weighted by molar-refractivity contribution is 5.75. The number of nitrogens with one attached hydrogen (secondary N) is 1. The van der Waals surface area contributed by atoms with Crippen LogP contribution in [0.5, 0.6) is 0 Å². The van der Waals surface area contributed by atoms with E-state index in [0.29, 0.717) is 0 Å². The van der Waals surface area contributed by atoms with Crippen molar-refractivity contribution in [2.45, 2.75) is 6.92 Å². The zero-order valence-electron chi connectivity index (χ0n) is 5.89. The number of benzene rings is 1. The Kier molecular flexibility index (Phi) is 1.04. The molecule has 1 heterocycles. The molecule has 0 spiro atoms. The highest BCUT2D eigenvalue weighted by Gasteiger charge is 2.09. The number of hydrogen-bond donors (Lipinski definition) is 1. The van der Waals surface area contributed by atoms with Gasteiger partial charge in [0.25, 0.3) is 0 Å². The van der Waals surface area contributed by atoms with Gasteiger partial charge in [-0.1, -0.05) is 24.3 Å². The van der Waals surface area contributed by atoms with Gasteiger partial charge in [-0.25, -0.2) is 0 Å². The summed E-state index contributed by atoms with van der Waals surface area (Å²) in [5.41, 5.74) is 3.92. The van der Waals surface area contributed by atoms with E-state index >= 15 is 0 Å². The summed E-state index contributed by atoms with van der Waals surface area (Å²) in [5.74, 6) is 0. The fourth-order valence-corrected chi connectivity index (χ4v) is 1.07. The average Bonchev–Trinajstić information content (AvgIpc) is 2.71. The van der Waals surface area contributed by atoms with Crippen LogP contribution in [0.1, 0.15) is 11.1 Å². The summed E-state index contributed by atoms with van der Waals surface area (Å²) in [6.45, 7) is 2.12. The Hall–Kier alpha value is -1.24. The molecule has 0 aliphatic carbocycles. The van der Waals surface area contributed by atoms with Gasteiger partial charge < -0.3 is 5.32 Å². The normalized spacial score (nSPS) is 13.9. The van der Waals surface area contributed by atoms with E-state index in [0.717, 1.165) is 0 Å². The van der Waals surface area contributed by atoms with E-state index in [1.165, 1.54) is 16.8 Å². The molecule has 50 valence electrons. The Morgan fingerprint density at radius 3 is 2.50 bits per heavy atom. The van der Waals surface area contributed by atoms with Gasteiger partial charge in [-0.05, 0) is 12.5 Å². The standard InChI is InChI=1S/C9H9N/c1-7-4-2-3-5-8(7)9-6-10-9/h2-6,10H,1H3. The summed E-state index contributed by atoms with van der Waals surface area (Å²) in [7, 11) is 0. The van der Waals surface area contributed by atoms with Crippen molar-refractivity contribution in [1.29, 1.82) is 0 Å². The van der Waals surface area contributed by atoms with Crippen LogP contribution in [-0.4, -0.2) is 0 Å². The Morgan fingerprint density at radius 2 is 1.90 bits per heavy atom. The van der Waals surface area contributed by atoms with E-state index in [4.69, 9.17) is 0 Å². The third kappa shape index (κ3) is 0.798. The molecule has 1 aliphatic rings. The van der Waals surface area contributed by atoms with Crippen molar-refractivity contribution in [1.82, 2.24) is 5.32 Å². The summed E-state index contributed by atoms with van der Waals surface area (Å²) < 4.78 is 0. The smallest absolute Gasteiger partial charge is 0.0619 e. The average molecular weight is 131 g/mol. The van der Waals surface area contributed by atoms with Crippen LogP contribution in [0.2, 0.25) is 0 Å². The van der Waals surface area contributed by atoms with Crippen molar-refractivity contribution < 1.29 is 0 Å². The zero-order valence-corrected chi connectivity index (χ0v) is 5.89. The maximum atomic E-state index is 3.08. The van der Waals surface area contributed by atoms with E-state index in [-0.39, 0.29) is 0 Å². The van der Waals surface area contributed by atoms with Crippen LogP contribution in [0.3, 0.4) is 0 Å². The van der Waals surface area contributed by atoms with E-state index in [2.05, 4.69) is 36.5 Å². The lowest BCUT2D eigenvalue weighted by Gasteiger charge is -1.97. The van der Waals surface area contributed by atoms with Crippen LogP contribution in [0, 0.1) is 6.92 Å². The first-order valence-electron chi connectivity index (χ1n) is 3.40. The van der Waals surface area contributed by atoms with Crippen LogP contribution in [0.15, 0.2) is 30.5 Å². The van der Waals surface area contributed by atoms with Crippen molar-refractivity contribution in [3.05, 3.63) is 41.6 Å². The molecule has 0 bridgehead atoms. The van der Waals surface area contributed by atoms with Crippen molar-refractivity contribution in [3.63, 3.8) is 0 Å². The first-order valence-corrected chi connectivity index (χ1v) is 3.40. The van der Waals surface area contributed by atoms with Gasteiger partial charge in [0.2, 0.25) is 0 Å². The van der Waals surface area contributed by atoms with Gasteiger partial charge in [0.15, 0.2) is 0 Å². The predicted octanol–water partition coefficient (Wildman–Crippen LogP) is 1.90. The predicted molar refractivity (Wildman–Crippen MR) is 42.3 cm³/mol. The van der Waals surface area contributed by atoms with Gasteiger partial charge in [0.05, 0.1) is 5.70 Å². The van der Waals surface area contributed by atoms with Crippen LogP contribution >= 0.6 is 0 Å². The molecule has 0 fully saturated rings. The third-order valence-electron chi connectivity index (χ3n) is 1.72. The fraction of sp³-hybridized carbons (Fsp3) is 0.111. The van der Waals surface area contributed by atoms with E-state index in [1.807, 2.05) is 6.20 Å². The van der Waals surface area contributed by atoms with Gasteiger partial charge >= 0.3 is 0 Å². The molecule has 1 nitrogen and oxygen atoms in total. The molecule has 0 saturated carbocycles. The molecule has 1 aromatic rings. The van der Waals surface area contributed by atoms with Gasteiger partial charge in [-0.15, -0.1) is 0 Å². The molecule has 0 radical (unpaired) electrons. The summed E-state index contributed by atoms with van der Waals surface area (Å²) in [4.78, 5) is 0. The van der Waals surface area contributed by atoms with Crippen molar-refractivity contribution in [3.8, 4) is 0 Å². The molecule has 1 aliphatic heterocycles. The molecule has 2 rings (SSSR count). The molecular weight excluding hydrogens is 122 g/mol. The highest BCUT2D eigenvalue weighted by Crippen LogP contribution is 2.21. The molecule has 0 saturated heterocycles. The van der Waals surface area contributed by atoms with Crippen molar-refractivity contribution >= 4 is 5.70 Å². The van der Waals surface area contributed by atoms with E-state index < -0.39 is 0 Å². The maximum absolute atomic E-state index is 3.08. The van der Waals surface area contributed by atoms with Crippen LogP contribution in [-0.2, 0) is 0 Å². The number of rotatable bonds is 1. The molecular formula is C9H9N. The Balaban J connectivity index is 2.49. The lowest BCUT2D eigenvalue weighted by Crippen LogP contribution is -1.84. The maximum Gasteiger partial charge on any atom is 0.0619 e. The lowest BCUT2D eigenvalue weighted by molar-refractivity contribution is 1.38. The second kappa shape index (κ2) is 1.87. The van der Waals surface area contributed by atoms with E-state index in [1.54, 1.807) is 0 Å². The number of aryl methyl sites for hydroxylation is 1. The minimum absolute atomic E-state index is 1.26. The zero-order chi connectivity index (χ0) is 6.97. The Morgan fingerprint density at radius 1 is 1.20 bits per heavy atom. The molecule has 0 aromatic heterocycles. The van der Waals surface area contributed by atoms with Gasteiger partial charge in [-0.3, -0.25) is 0 Å². The minimum Gasteiger partial charge on any atom is -0.358 e. The first-order chi connectivity index (χ1) is 4.88. The Labute approximate surface area is 60.4 Å².